The van der Waals surface area contributed by atoms with Gasteiger partial charge in [0.1, 0.15) is 5.75 Å². The molecule has 2 N–H and O–H groups in total. The Morgan fingerprint density at radius 1 is 1.26 bits per heavy atom. The van der Waals surface area contributed by atoms with Crippen LogP contribution in [0.1, 0.15) is 24.5 Å². The molecule has 100 valence electrons. The van der Waals surface area contributed by atoms with Gasteiger partial charge in [-0.15, -0.1) is 5.10 Å². The van der Waals surface area contributed by atoms with Crippen molar-refractivity contribution in [2.24, 2.45) is 0 Å². The Bertz CT molecular complexity index is 578. The van der Waals surface area contributed by atoms with Gasteiger partial charge >= 0.3 is 6.61 Å². The van der Waals surface area contributed by atoms with Crippen molar-refractivity contribution in [2.75, 3.05) is 5.73 Å². The van der Waals surface area contributed by atoms with Crippen LogP contribution in [0.4, 0.5) is 14.6 Å². The number of hydrogen-bond donors (Lipinski definition) is 1. The number of nitrogens with zero attached hydrogens (tertiary/aromatic N) is 3. The Morgan fingerprint density at radius 3 is 2.53 bits per heavy atom. The van der Waals surface area contributed by atoms with Crippen molar-refractivity contribution in [1.29, 1.82) is 0 Å². The number of anilines is 1. The standard InChI is InChI=1S/C12H12F2N4O/c13-12(14)19-9-5-3-8(4-6-9)18-10(7-1-2-7)11(15)16-17-18/h3-7,12H,1-2,15H2. The molecule has 0 spiro atoms. The summed E-state index contributed by atoms with van der Waals surface area (Å²) in [5, 5.41) is 7.86. The second-order valence-corrected chi connectivity index (χ2v) is 4.42. The number of halogens is 2. The molecule has 1 saturated carbocycles. The Kier molecular flexibility index (Phi) is 2.81. The topological polar surface area (TPSA) is 66.0 Å². The van der Waals surface area contributed by atoms with E-state index in [0.29, 0.717) is 11.7 Å². The van der Waals surface area contributed by atoms with Crippen LogP contribution in [0.5, 0.6) is 5.75 Å². The molecule has 0 atom stereocenters. The number of alkyl halides is 2. The van der Waals surface area contributed by atoms with Crippen LogP contribution in [-0.4, -0.2) is 21.6 Å². The largest absolute Gasteiger partial charge is 0.435 e. The minimum Gasteiger partial charge on any atom is -0.435 e. The summed E-state index contributed by atoms with van der Waals surface area (Å²) in [5.41, 5.74) is 7.42. The number of aromatic nitrogens is 3. The van der Waals surface area contributed by atoms with Crippen molar-refractivity contribution in [3.05, 3.63) is 30.0 Å². The van der Waals surface area contributed by atoms with Crippen LogP contribution in [0.2, 0.25) is 0 Å². The molecule has 1 heterocycles. The zero-order valence-corrected chi connectivity index (χ0v) is 9.96. The van der Waals surface area contributed by atoms with Crippen LogP contribution in [0.15, 0.2) is 24.3 Å². The van der Waals surface area contributed by atoms with Gasteiger partial charge in [-0.3, -0.25) is 0 Å². The lowest BCUT2D eigenvalue weighted by atomic mass is 10.2. The molecule has 0 aliphatic heterocycles. The minimum atomic E-state index is -2.82. The molecule has 2 aromatic rings. The summed E-state index contributed by atoms with van der Waals surface area (Å²) in [4.78, 5) is 0. The maximum absolute atomic E-state index is 12.1. The third kappa shape index (κ3) is 2.35. The fourth-order valence-corrected chi connectivity index (χ4v) is 2.00. The fourth-order valence-electron chi connectivity index (χ4n) is 2.00. The number of rotatable bonds is 4. The average Bonchev–Trinajstić information content (AvgIpc) is 3.13. The van der Waals surface area contributed by atoms with Crippen molar-refractivity contribution < 1.29 is 13.5 Å². The first-order valence-corrected chi connectivity index (χ1v) is 5.91. The van der Waals surface area contributed by atoms with E-state index in [1.807, 2.05) is 0 Å². The van der Waals surface area contributed by atoms with E-state index in [-0.39, 0.29) is 5.75 Å². The van der Waals surface area contributed by atoms with E-state index in [1.165, 1.54) is 12.1 Å². The Morgan fingerprint density at radius 2 is 1.95 bits per heavy atom. The van der Waals surface area contributed by atoms with Gasteiger partial charge in [0.25, 0.3) is 0 Å². The molecular formula is C12H12F2N4O. The summed E-state index contributed by atoms with van der Waals surface area (Å²) in [6.07, 6.45) is 2.15. The van der Waals surface area contributed by atoms with E-state index >= 15 is 0 Å². The summed E-state index contributed by atoms with van der Waals surface area (Å²) < 4.78 is 30.1. The molecule has 5 nitrogen and oxygen atoms in total. The van der Waals surface area contributed by atoms with Crippen LogP contribution in [-0.2, 0) is 0 Å². The lowest BCUT2D eigenvalue weighted by Gasteiger charge is -2.08. The Balaban J connectivity index is 1.90. The summed E-state index contributed by atoms with van der Waals surface area (Å²) in [6.45, 7) is -2.82. The lowest BCUT2D eigenvalue weighted by molar-refractivity contribution is -0.0498. The SMILES string of the molecule is Nc1nnn(-c2ccc(OC(F)F)cc2)c1C1CC1. The maximum Gasteiger partial charge on any atom is 0.387 e. The van der Waals surface area contributed by atoms with Gasteiger partial charge in [-0.2, -0.15) is 8.78 Å². The number of benzene rings is 1. The summed E-state index contributed by atoms with van der Waals surface area (Å²) in [7, 11) is 0. The molecule has 0 amide bonds. The fraction of sp³-hybridized carbons (Fsp3) is 0.333. The minimum absolute atomic E-state index is 0.111. The Labute approximate surface area is 108 Å². The first-order chi connectivity index (χ1) is 9.15. The summed E-state index contributed by atoms with van der Waals surface area (Å²) >= 11 is 0. The highest BCUT2D eigenvalue weighted by atomic mass is 19.3. The molecule has 0 unspecified atom stereocenters. The molecule has 0 saturated heterocycles. The molecule has 0 bridgehead atoms. The molecule has 19 heavy (non-hydrogen) atoms. The van der Waals surface area contributed by atoms with Gasteiger partial charge in [-0.1, -0.05) is 5.21 Å². The molecule has 1 aliphatic carbocycles. The third-order valence-corrected chi connectivity index (χ3v) is 3.00. The molecule has 7 heteroatoms. The van der Waals surface area contributed by atoms with E-state index in [9.17, 15) is 8.78 Å². The molecular weight excluding hydrogens is 254 g/mol. The first-order valence-electron chi connectivity index (χ1n) is 5.91. The van der Waals surface area contributed by atoms with Crippen LogP contribution < -0.4 is 10.5 Å². The highest BCUT2D eigenvalue weighted by molar-refractivity contribution is 5.45. The predicted molar refractivity (Wildman–Crippen MR) is 64.4 cm³/mol. The van der Waals surface area contributed by atoms with Gasteiger partial charge in [0.15, 0.2) is 5.82 Å². The maximum atomic E-state index is 12.1. The summed E-state index contributed by atoms with van der Waals surface area (Å²) in [6, 6.07) is 6.24. The molecule has 1 fully saturated rings. The quantitative estimate of drug-likeness (QED) is 0.922. The van der Waals surface area contributed by atoms with Crippen LogP contribution >= 0.6 is 0 Å². The Hall–Kier alpha value is -2.18. The van der Waals surface area contributed by atoms with Crippen molar-refractivity contribution >= 4 is 5.82 Å². The number of nitrogens with two attached hydrogens (primary N) is 1. The zero-order chi connectivity index (χ0) is 13.4. The van der Waals surface area contributed by atoms with Gasteiger partial charge < -0.3 is 10.5 Å². The molecule has 1 aliphatic rings. The van der Waals surface area contributed by atoms with E-state index in [1.54, 1.807) is 16.8 Å². The predicted octanol–water partition coefficient (Wildman–Crippen LogP) is 2.33. The number of ether oxygens (including phenoxy) is 1. The highest BCUT2D eigenvalue weighted by Gasteiger charge is 2.31. The first kappa shape index (κ1) is 11.9. The summed E-state index contributed by atoms with van der Waals surface area (Å²) in [5.74, 6) is 0.933. The lowest BCUT2D eigenvalue weighted by Crippen LogP contribution is -2.04. The molecule has 0 radical (unpaired) electrons. The monoisotopic (exact) mass is 266 g/mol. The van der Waals surface area contributed by atoms with Gasteiger partial charge in [0, 0.05) is 5.92 Å². The van der Waals surface area contributed by atoms with Gasteiger partial charge in [-0.05, 0) is 37.1 Å². The second kappa shape index (κ2) is 4.49. The van der Waals surface area contributed by atoms with Gasteiger partial charge in [0.2, 0.25) is 0 Å². The second-order valence-electron chi connectivity index (χ2n) is 4.42. The molecule has 1 aromatic carbocycles. The van der Waals surface area contributed by atoms with Crippen molar-refractivity contribution in [1.82, 2.24) is 15.0 Å². The van der Waals surface area contributed by atoms with Crippen LogP contribution in [0, 0.1) is 0 Å². The zero-order valence-electron chi connectivity index (χ0n) is 9.96. The van der Waals surface area contributed by atoms with Crippen LogP contribution in [0.25, 0.3) is 5.69 Å². The van der Waals surface area contributed by atoms with Crippen molar-refractivity contribution in [3.8, 4) is 11.4 Å². The normalized spacial score (nSPS) is 14.9. The van der Waals surface area contributed by atoms with E-state index in [0.717, 1.165) is 24.2 Å². The van der Waals surface area contributed by atoms with Crippen molar-refractivity contribution in [3.63, 3.8) is 0 Å². The number of nitrogen functional groups attached to an aromatic ring is 1. The van der Waals surface area contributed by atoms with Gasteiger partial charge in [0.05, 0.1) is 11.4 Å². The number of hydrogen-bond acceptors (Lipinski definition) is 4. The van der Waals surface area contributed by atoms with E-state index in [4.69, 9.17) is 5.73 Å². The van der Waals surface area contributed by atoms with Crippen LogP contribution in [0.3, 0.4) is 0 Å². The van der Waals surface area contributed by atoms with Crippen molar-refractivity contribution in [2.45, 2.75) is 25.4 Å². The van der Waals surface area contributed by atoms with E-state index < -0.39 is 6.61 Å². The average molecular weight is 266 g/mol. The van der Waals surface area contributed by atoms with E-state index in [2.05, 4.69) is 15.0 Å². The molecule has 3 rings (SSSR count). The third-order valence-electron chi connectivity index (χ3n) is 3.00. The molecule has 1 aromatic heterocycles. The van der Waals surface area contributed by atoms with Gasteiger partial charge in [-0.25, -0.2) is 4.68 Å². The highest BCUT2D eigenvalue weighted by Crippen LogP contribution is 2.42. The smallest absolute Gasteiger partial charge is 0.387 e.